The average molecular weight is 270 g/mol. The first-order valence-corrected chi connectivity index (χ1v) is 6.42. The molecule has 3 atom stereocenters. The normalized spacial score (nSPS) is 28.0. The fourth-order valence-electron chi connectivity index (χ4n) is 2.50. The van der Waals surface area contributed by atoms with Crippen LogP contribution in [0.4, 0.5) is 0 Å². The van der Waals surface area contributed by atoms with Gasteiger partial charge in [-0.25, -0.2) is 0 Å². The molecule has 1 aliphatic rings. The molecule has 18 heavy (non-hydrogen) atoms. The van der Waals surface area contributed by atoms with Gasteiger partial charge in [0.05, 0.1) is 0 Å². The van der Waals surface area contributed by atoms with Gasteiger partial charge >= 0.3 is 20.8 Å². The Bertz CT molecular complexity index is 297. The molecule has 1 fully saturated rings. The SMILES string of the molecule is CC(C)(C)C1CCC(C(=O)[O-])C(C(=O)[O-])C1.[OH][Al+2]. The van der Waals surface area contributed by atoms with Crippen molar-refractivity contribution in [1.82, 2.24) is 0 Å². The maximum atomic E-state index is 10.9. The number of carboxylic acid groups (broad SMARTS) is 2. The van der Waals surface area contributed by atoms with Crippen molar-refractivity contribution in [2.75, 3.05) is 0 Å². The number of hydrogen-bond acceptors (Lipinski definition) is 5. The molecule has 1 rings (SSSR count). The summed E-state index contributed by atoms with van der Waals surface area (Å²) in [5, 5.41) is 21.8. The minimum absolute atomic E-state index is 0.00457. The average Bonchev–Trinajstić information content (AvgIpc) is 2.29. The number of carbonyl (C=O) groups excluding carboxylic acids is 2. The van der Waals surface area contributed by atoms with Gasteiger partial charge < -0.3 is 19.8 Å². The fourth-order valence-corrected chi connectivity index (χ4v) is 2.50. The van der Waals surface area contributed by atoms with E-state index in [1.54, 1.807) is 0 Å². The molecule has 0 saturated heterocycles. The Balaban J connectivity index is 0.00000137. The van der Waals surface area contributed by atoms with Crippen LogP contribution in [-0.4, -0.2) is 32.7 Å². The van der Waals surface area contributed by atoms with Crippen LogP contribution in [0.15, 0.2) is 0 Å². The zero-order valence-electron chi connectivity index (χ0n) is 11.0. The Hall–Kier alpha value is -0.568. The molecule has 1 saturated carbocycles. The van der Waals surface area contributed by atoms with Crippen LogP contribution in [0.1, 0.15) is 40.0 Å². The van der Waals surface area contributed by atoms with Crippen molar-refractivity contribution < 1.29 is 24.0 Å². The Kier molecular flexibility index (Phi) is 6.90. The van der Waals surface area contributed by atoms with Crippen LogP contribution < -0.4 is 10.2 Å². The molecule has 5 nitrogen and oxygen atoms in total. The van der Waals surface area contributed by atoms with E-state index in [-0.39, 0.29) is 11.3 Å². The van der Waals surface area contributed by atoms with Gasteiger partial charge in [0.25, 0.3) is 0 Å². The van der Waals surface area contributed by atoms with E-state index in [1.807, 2.05) is 20.8 Å². The molecule has 0 radical (unpaired) electrons. The van der Waals surface area contributed by atoms with Gasteiger partial charge in [-0.05, 0) is 30.6 Å². The molecule has 100 valence electrons. The van der Waals surface area contributed by atoms with Gasteiger partial charge in [0.2, 0.25) is 0 Å². The topological polar surface area (TPSA) is 100 Å². The predicted molar refractivity (Wildman–Crippen MR) is 61.8 cm³/mol. The Morgan fingerprint density at radius 3 is 1.83 bits per heavy atom. The van der Waals surface area contributed by atoms with Crippen LogP contribution in [-0.2, 0) is 9.59 Å². The molecular weight excluding hydrogens is 251 g/mol. The van der Waals surface area contributed by atoms with Crippen molar-refractivity contribution in [3.8, 4) is 0 Å². The molecule has 0 heterocycles. The van der Waals surface area contributed by atoms with E-state index in [1.165, 1.54) is 16.6 Å². The molecule has 1 aliphatic carbocycles. The number of hydrogen-bond donors (Lipinski definition) is 1. The van der Waals surface area contributed by atoms with Gasteiger partial charge in [-0.2, -0.15) is 0 Å². The second-order valence-corrected chi connectivity index (χ2v) is 5.73. The number of rotatable bonds is 2. The number of carboxylic acids is 2. The van der Waals surface area contributed by atoms with Crippen molar-refractivity contribution in [3.63, 3.8) is 0 Å². The summed E-state index contributed by atoms with van der Waals surface area (Å²) in [6.07, 6.45) is 1.50. The summed E-state index contributed by atoms with van der Waals surface area (Å²) in [7, 11) is 0. The van der Waals surface area contributed by atoms with Crippen molar-refractivity contribution in [1.29, 1.82) is 0 Å². The predicted octanol–water partition coefficient (Wildman–Crippen LogP) is -1.37. The second-order valence-electron chi connectivity index (χ2n) is 5.73. The molecule has 1 N–H and O–H groups in total. The molecule has 6 heteroatoms. The van der Waals surface area contributed by atoms with Gasteiger partial charge in [0.1, 0.15) is 0 Å². The summed E-state index contributed by atoms with van der Waals surface area (Å²) < 4.78 is 6.92. The molecule has 0 aromatic rings. The van der Waals surface area contributed by atoms with Gasteiger partial charge in [0.15, 0.2) is 0 Å². The first-order valence-electron chi connectivity index (χ1n) is 5.91. The summed E-state index contributed by atoms with van der Waals surface area (Å²) >= 11 is 1.42. The van der Waals surface area contributed by atoms with Crippen LogP contribution >= 0.6 is 0 Å². The van der Waals surface area contributed by atoms with E-state index in [2.05, 4.69) is 0 Å². The molecule has 0 aromatic heterocycles. The van der Waals surface area contributed by atoms with Crippen LogP contribution in [0, 0.1) is 23.2 Å². The van der Waals surface area contributed by atoms with Crippen LogP contribution in [0.5, 0.6) is 0 Å². The second kappa shape index (κ2) is 7.13. The monoisotopic (exact) mass is 270 g/mol. The zero-order chi connectivity index (χ0) is 14.5. The first-order chi connectivity index (χ1) is 8.23. The van der Waals surface area contributed by atoms with Crippen LogP contribution in [0.25, 0.3) is 0 Å². The molecule has 0 aliphatic heterocycles. The van der Waals surface area contributed by atoms with E-state index in [0.717, 1.165) is 6.42 Å². The third-order valence-corrected chi connectivity index (χ3v) is 3.68. The van der Waals surface area contributed by atoms with E-state index in [0.29, 0.717) is 12.8 Å². The maximum absolute atomic E-state index is 10.9. The van der Waals surface area contributed by atoms with Crippen molar-refractivity contribution in [2.24, 2.45) is 23.2 Å². The summed E-state index contributed by atoms with van der Waals surface area (Å²) in [6.45, 7) is 6.13. The number of aliphatic carboxylic acids is 2. The third-order valence-electron chi connectivity index (χ3n) is 3.68. The first kappa shape index (κ1) is 17.4. The molecule has 3 unspecified atom stereocenters. The molecule has 0 amide bonds. The molecule has 0 spiro atoms. The molecule has 0 aromatic carbocycles. The Labute approximate surface area is 116 Å². The summed E-state index contributed by atoms with van der Waals surface area (Å²) in [5.41, 5.74) is 0.00457. The van der Waals surface area contributed by atoms with Crippen LogP contribution in [0.3, 0.4) is 0 Å². The summed E-state index contributed by atoms with van der Waals surface area (Å²) in [5.74, 6) is -4.08. The van der Waals surface area contributed by atoms with E-state index in [4.69, 9.17) is 4.16 Å². The molecular formula is C12H19AlO5. The quantitative estimate of drug-likeness (QED) is 0.624. The van der Waals surface area contributed by atoms with Gasteiger partial charge in [-0.3, -0.25) is 0 Å². The standard InChI is InChI=1S/C12H20O4.Al.H2O/c1-12(2,3)7-4-5-8(10(13)14)9(6-7)11(15)16;;/h7-9H,4-6H2,1-3H3,(H,13,14)(H,15,16);;1H2/q;+3;/p-3. The minimum atomic E-state index is -1.26. The van der Waals surface area contributed by atoms with Gasteiger partial charge in [-0.15, -0.1) is 0 Å². The zero-order valence-corrected chi connectivity index (χ0v) is 12.2. The van der Waals surface area contributed by atoms with Crippen LogP contribution in [0.2, 0.25) is 0 Å². The third kappa shape index (κ3) is 4.60. The van der Waals surface area contributed by atoms with Gasteiger partial charge in [0, 0.05) is 23.8 Å². The summed E-state index contributed by atoms with van der Waals surface area (Å²) in [4.78, 5) is 21.8. The Morgan fingerprint density at radius 1 is 1.06 bits per heavy atom. The van der Waals surface area contributed by atoms with Crippen molar-refractivity contribution in [3.05, 3.63) is 0 Å². The van der Waals surface area contributed by atoms with Crippen molar-refractivity contribution >= 4 is 28.6 Å². The summed E-state index contributed by atoms with van der Waals surface area (Å²) in [6, 6.07) is 0. The van der Waals surface area contributed by atoms with E-state index < -0.39 is 23.8 Å². The van der Waals surface area contributed by atoms with E-state index in [9.17, 15) is 19.8 Å². The van der Waals surface area contributed by atoms with Crippen molar-refractivity contribution in [2.45, 2.75) is 40.0 Å². The number of carbonyl (C=O) groups is 2. The fraction of sp³-hybridized carbons (Fsp3) is 0.833. The van der Waals surface area contributed by atoms with Gasteiger partial charge in [-0.1, -0.05) is 20.8 Å². The Morgan fingerprint density at radius 2 is 1.50 bits per heavy atom. The van der Waals surface area contributed by atoms with E-state index >= 15 is 0 Å². The molecule has 0 bridgehead atoms.